The highest BCUT2D eigenvalue weighted by atomic mass is 28.5. The summed E-state index contributed by atoms with van der Waals surface area (Å²) in [6.07, 6.45) is 12.4. The number of quaternary nitrogens is 1. The molecule has 0 aliphatic heterocycles. The lowest BCUT2D eigenvalue weighted by Gasteiger charge is -2.38. The molecule has 0 aromatic heterocycles. The van der Waals surface area contributed by atoms with E-state index in [0.717, 1.165) is 4.48 Å². The molecule has 3 nitrogen and oxygen atoms in total. The Kier molecular flexibility index (Phi) is 12.5. The zero-order valence-electron chi connectivity index (χ0n) is 20.5. The van der Waals surface area contributed by atoms with E-state index in [9.17, 15) is 0 Å². The zero-order chi connectivity index (χ0) is 21.2. The third kappa shape index (κ3) is 19.6. The molecule has 27 heavy (non-hydrogen) atoms. The van der Waals surface area contributed by atoms with Crippen LogP contribution in [0.2, 0.25) is 51.9 Å². The van der Waals surface area contributed by atoms with Crippen molar-refractivity contribution in [2.24, 2.45) is 0 Å². The smallest absolute Gasteiger partial charge is 0.314 e. The molecule has 6 heteroatoms. The van der Waals surface area contributed by atoms with Crippen molar-refractivity contribution in [1.82, 2.24) is 0 Å². The van der Waals surface area contributed by atoms with E-state index >= 15 is 0 Å². The second-order valence-corrected chi connectivity index (χ2v) is 24.4. The minimum absolute atomic E-state index is 1.10. The van der Waals surface area contributed by atoms with Crippen molar-refractivity contribution in [3.63, 3.8) is 0 Å². The first-order valence-electron chi connectivity index (χ1n) is 11.3. The van der Waals surface area contributed by atoms with E-state index in [0.29, 0.717) is 0 Å². The SMILES string of the molecule is C[N+](C)(C)CCCCCCCCCCC[Si](C)(O[Si](C)(C)C)O[Si](C)(C)C. The Balaban J connectivity index is 3.89. The van der Waals surface area contributed by atoms with Gasteiger partial charge in [-0.2, -0.15) is 0 Å². The van der Waals surface area contributed by atoms with Gasteiger partial charge in [0.25, 0.3) is 0 Å². The van der Waals surface area contributed by atoms with Crippen LogP contribution in [0.15, 0.2) is 0 Å². The average Bonchev–Trinajstić information content (AvgIpc) is 2.39. The quantitative estimate of drug-likeness (QED) is 0.148. The first kappa shape index (κ1) is 27.5. The molecule has 0 aliphatic rings. The van der Waals surface area contributed by atoms with Gasteiger partial charge in [0.15, 0.2) is 16.6 Å². The molecule has 0 N–H and O–H groups in total. The van der Waals surface area contributed by atoms with E-state index in [1.807, 2.05) is 0 Å². The monoisotopic (exact) mass is 434 g/mol. The number of hydrogen-bond donors (Lipinski definition) is 0. The Morgan fingerprint density at radius 1 is 0.519 bits per heavy atom. The molecule has 0 atom stereocenters. The van der Waals surface area contributed by atoms with Crippen LogP contribution in [0.1, 0.15) is 57.8 Å². The van der Waals surface area contributed by atoms with Crippen molar-refractivity contribution in [2.75, 3.05) is 27.7 Å². The highest BCUT2D eigenvalue weighted by Gasteiger charge is 2.39. The van der Waals surface area contributed by atoms with Gasteiger partial charge in [0, 0.05) is 0 Å². The second kappa shape index (κ2) is 12.3. The predicted molar refractivity (Wildman–Crippen MR) is 130 cm³/mol. The number of nitrogens with zero attached hydrogens (tertiary/aromatic N) is 1. The summed E-state index contributed by atoms with van der Waals surface area (Å²) in [5, 5.41) is 0. The van der Waals surface area contributed by atoms with Gasteiger partial charge in [0.05, 0.1) is 27.7 Å². The second-order valence-electron chi connectivity index (χ2n) is 11.5. The Hall–Kier alpha value is 0.531. The van der Waals surface area contributed by atoms with Gasteiger partial charge in [0.2, 0.25) is 0 Å². The van der Waals surface area contributed by atoms with Gasteiger partial charge in [-0.05, 0) is 64.7 Å². The van der Waals surface area contributed by atoms with Crippen LogP contribution in [0.3, 0.4) is 0 Å². The fourth-order valence-electron chi connectivity index (χ4n) is 3.69. The maximum absolute atomic E-state index is 6.60. The molecule has 0 aromatic carbocycles. The van der Waals surface area contributed by atoms with Crippen molar-refractivity contribution in [3.05, 3.63) is 0 Å². The fourth-order valence-corrected chi connectivity index (χ4v) is 16.3. The summed E-state index contributed by atoms with van der Waals surface area (Å²) in [6, 6.07) is 1.17. The normalized spacial score (nSPS) is 14.0. The molecular weight excluding hydrogens is 382 g/mol. The summed E-state index contributed by atoms with van der Waals surface area (Å²) in [4.78, 5) is 0. The van der Waals surface area contributed by atoms with E-state index in [2.05, 4.69) is 67.0 Å². The van der Waals surface area contributed by atoms with E-state index in [1.54, 1.807) is 0 Å². The van der Waals surface area contributed by atoms with Crippen LogP contribution in [0, 0.1) is 0 Å². The van der Waals surface area contributed by atoms with E-state index in [-0.39, 0.29) is 0 Å². The van der Waals surface area contributed by atoms with Crippen LogP contribution >= 0.6 is 0 Å². The van der Waals surface area contributed by atoms with Crippen LogP contribution in [-0.4, -0.2) is 57.4 Å². The maximum Gasteiger partial charge on any atom is 0.314 e. The average molecular weight is 435 g/mol. The van der Waals surface area contributed by atoms with E-state index in [1.165, 1.54) is 70.4 Å². The van der Waals surface area contributed by atoms with E-state index in [4.69, 9.17) is 8.23 Å². The fraction of sp³-hybridized carbons (Fsp3) is 1.00. The first-order valence-corrected chi connectivity index (χ1v) is 20.7. The third-order valence-corrected chi connectivity index (χ3v) is 14.1. The van der Waals surface area contributed by atoms with Crippen molar-refractivity contribution < 1.29 is 12.7 Å². The van der Waals surface area contributed by atoms with Crippen LogP contribution in [-0.2, 0) is 8.23 Å². The molecule has 0 fully saturated rings. The van der Waals surface area contributed by atoms with Crippen LogP contribution in [0.4, 0.5) is 0 Å². The van der Waals surface area contributed by atoms with Gasteiger partial charge in [-0.25, -0.2) is 0 Å². The molecule has 0 spiro atoms. The molecule has 0 aromatic rings. The highest BCUT2D eigenvalue weighted by Crippen LogP contribution is 2.26. The summed E-state index contributed by atoms with van der Waals surface area (Å²) in [7, 11) is 1.78. The van der Waals surface area contributed by atoms with Crippen molar-refractivity contribution in [3.8, 4) is 0 Å². The molecule has 0 bridgehead atoms. The molecule has 164 valence electrons. The summed E-state index contributed by atoms with van der Waals surface area (Å²) in [5.74, 6) is 0. The van der Waals surface area contributed by atoms with Crippen molar-refractivity contribution in [2.45, 2.75) is 110 Å². The summed E-state index contributed by atoms with van der Waals surface area (Å²) < 4.78 is 14.3. The molecule has 0 amide bonds. The topological polar surface area (TPSA) is 18.5 Å². The lowest BCUT2D eigenvalue weighted by atomic mass is 10.1. The van der Waals surface area contributed by atoms with E-state index < -0.39 is 25.2 Å². The molecule has 0 heterocycles. The van der Waals surface area contributed by atoms with Gasteiger partial charge in [-0.3, -0.25) is 0 Å². The minimum Gasteiger partial charge on any atom is -0.437 e. The van der Waals surface area contributed by atoms with Gasteiger partial charge < -0.3 is 12.7 Å². The maximum atomic E-state index is 6.60. The summed E-state index contributed by atoms with van der Waals surface area (Å²) in [5.41, 5.74) is 0. The molecule has 0 saturated heterocycles. The standard InChI is InChI=1S/C21H52NO2Si3/c1-22(2,3)20-18-16-14-12-11-13-15-17-19-21-27(10,23-25(4,5)6)24-26(7,8)9/h11-21H2,1-10H3/q+1. The zero-order valence-corrected chi connectivity index (χ0v) is 23.5. The van der Waals surface area contributed by atoms with Crippen molar-refractivity contribution in [1.29, 1.82) is 0 Å². The molecule has 0 unspecified atom stereocenters. The molecule has 0 radical (unpaired) electrons. The van der Waals surface area contributed by atoms with Crippen LogP contribution in [0.5, 0.6) is 0 Å². The number of rotatable bonds is 16. The minimum atomic E-state index is -2.00. The molecule has 0 aliphatic carbocycles. The molecule has 0 rings (SSSR count). The number of hydrogen-bond acceptors (Lipinski definition) is 2. The Labute approximate surface area is 175 Å². The highest BCUT2D eigenvalue weighted by molar-refractivity contribution is 6.87. The Morgan fingerprint density at radius 2 is 0.852 bits per heavy atom. The lowest BCUT2D eigenvalue weighted by molar-refractivity contribution is -0.870. The van der Waals surface area contributed by atoms with Gasteiger partial charge in [-0.15, -0.1) is 0 Å². The molecular formula is C21H52NO2Si3+. The van der Waals surface area contributed by atoms with Gasteiger partial charge in [0.1, 0.15) is 0 Å². The largest absolute Gasteiger partial charge is 0.437 e. The Morgan fingerprint density at radius 3 is 1.19 bits per heavy atom. The van der Waals surface area contributed by atoms with Gasteiger partial charge >= 0.3 is 8.56 Å². The summed E-state index contributed by atoms with van der Waals surface area (Å²) in [6.45, 7) is 17.4. The van der Waals surface area contributed by atoms with Gasteiger partial charge in [-0.1, -0.05) is 44.9 Å². The Bertz CT molecular complexity index is 368. The lowest BCUT2D eigenvalue weighted by Crippen LogP contribution is -2.52. The van der Waals surface area contributed by atoms with Crippen LogP contribution in [0.25, 0.3) is 0 Å². The first-order chi connectivity index (χ1) is 12.1. The third-order valence-electron chi connectivity index (χ3n) is 4.50. The number of unbranched alkanes of at least 4 members (excludes halogenated alkanes) is 8. The molecule has 0 saturated carbocycles. The van der Waals surface area contributed by atoms with Crippen molar-refractivity contribution >= 4 is 25.2 Å². The predicted octanol–water partition coefficient (Wildman–Crippen LogP) is 6.98. The summed E-state index contributed by atoms with van der Waals surface area (Å²) >= 11 is 0. The van der Waals surface area contributed by atoms with Crippen LogP contribution < -0.4 is 0 Å².